The zero-order valence-corrected chi connectivity index (χ0v) is 14.6. The molecule has 4 nitrogen and oxygen atoms in total. The van der Waals surface area contributed by atoms with Gasteiger partial charge in [0.15, 0.2) is 0 Å². The van der Waals surface area contributed by atoms with Gasteiger partial charge in [-0.25, -0.2) is 0 Å². The second-order valence-corrected chi connectivity index (χ2v) is 7.20. The highest BCUT2D eigenvalue weighted by molar-refractivity contribution is 7.10. The largest absolute Gasteiger partial charge is 0.325 e. The predicted octanol–water partition coefficient (Wildman–Crippen LogP) is 5.01. The normalized spacial score (nSPS) is 15.0. The lowest BCUT2D eigenvalue weighted by atomic mass is 9.88. The molecule has 0 saturated heterocycles. The quantitative estimate of drug-likeness (QED) is 0.821. The SMILES string of the molecule is CC(=O)Nc1ccccc1NC(=O)c1csc(C2CCCCC2)c1. The van der Waals surface area contributed by atoms with E-state index >= 15 is 0 Å². The predicted molar refractivity (Wildman–Crippen MR) is 98.8 cm³/mol. The molecule has 1 aliphatic rings. The first kappa shape index (κ1) is 16.7. The van der Waals surface area contributed by atoms with Gasteiger partial charge in [0.2, 0.25) is 5.91 Å². The maximum Gasteiger partial charge on any atom is 0.256 e. The Labute approximate surface area is 146 Å². The van der Waals surface area contributed by atoms with Gasteiger partial charge < -0.3 is 10.6 Å². The number of rotatable bonds is 4. The third-order valence-electron chi connectivity index (χ3n) is 4.38. The number of hydrogen-bond donors (Lipinski definition) is 2. The molecule has 3 rings (SSSR count). The Balaban J connectivity index is 1.71. The molecule has 1 saturated carbocycles. The van der Waals surface area contributed by atoms with Crippen molar-refractivity contribution in [3.8, 4) is 0 Å². The first-order chi connectivity index (χ1) is 11.6. The molecule has 0 bridgehead atoms. The van der Waals surface area contributed by atoms with Crippen LogP contribution in [0, 0.1) is 0 Å². The van der Waals surface area contributed by atoms with Gasteiger partial charge in [-0.15, -0.1) is 11.3 Å². The second kappa shape index (κ2) is 7.62. The summed E-state index contributed by atoms with van der Waals surface area (Å²) in [7, 11) is 0. The Morgan fingerprint density at radius 3 is 2.38 bits per heavy atom. The molecule has 0 spiro atoms. The zero-order chi connectivity index (χ0) is 16.9. The van der Waals surface area contributed by atoms with Gasteiger partial charge in [-0.2, -0.15) is 0 Å². The van der Waals surface area contributed by atoms with E-state index in [2.05, 4.69) is 10.6 Å². The van der Waals surface area contributed by atoms with Crippen LogP contribution >= 0.6 is 11.3 Å². The van der Waals surface area contributed by atoms with Gasteiger partial charge in [-0.05, 0) is 37.0 Å². The third-order valence-corrected chi connectivity index (χ3v) is 5.47. The molecule has 1 heterocycles. The van der Waals surface area contributed by atoms with Crippen LogP contribution < -0.4 is 10.6 Å². The molecule has 1 aromatic heterocycles. The Morgan fingerprint density at radius 1 is 1.04 bits per heavy atom. The molecule has 126 valence electrons. The first-order valence-corrected chi connectivity index (χ1v) is 9.28. The number of hydrogen-bond acceptors (Lipinski definition) is 3. The van der Waals surface area contributed by atoms with E-state index in [-0.39, 0.29) is 11.8 Å². The maximum atomic E-state index is 12.5. The summed E-state index contributed by atoms with van der Waals surface area (Å²) in [6.45, 7) is 1.45. The number of carbonyl (C=O) groups is 2. The average molecular weight is 342 g/mol. The second-order valence-electron chi connectivity index (χ2n) is 6.25. The summed E-state index contributed by atoms with van der Waals surface area (Å²) in [4.78, 5) is 25.1. The van der Waals surface area contributed by atoms with Gasteiger partial charge in [0.25, 0.3) is 5.91 Å². The zero-order valence-electron chi connectivity index (χ0n) is 13.8. The van der Waals surface area contributed by atoms with Crippen molar-refractivity contribution in [3.05, 3.63) is 46.2 Å². The third kappa shape index (κ3) is 4.03. The molecule has 0 aliphatic heterocycles. The first-order valence-electron chi connectivity index (χ1n) is 8.40. The van der Waals surface area contributed by atoms with Crippen LogP contribution in [0.4, 0.5) is 11.4 Å². The number of carbonyl (C=O) groups excluding carboxylic acids is 2. The average Bonchev–Trinajstić information content (AvgIpc) is 3.07. The summed E-state index contributed by atoms with van der Waals surface area (Å²) in [6, 6.07) is 9.25. The molecule has 1 aliphatic carbocycles. The van der Waals surface area contributed by atoms with E-state index in [0.717, 1.165) is 0 Å². The molecule has 24 heavy (non-hydrogen) atoms. The molecule has 2 amide bonds. The summed E-state index contributed by atoms with van der Waals surface area (Å²) in [6.07, 6.45) is 6.36. The highest BCUT2D eigenvalue weighted by atomic mass is 32.1. The molecule has 0 atom stereocenters. The number of nitrogens with one attached hydrogen (secondary N) is 2. The van der Waals surface area contributed by atoms with E-state index in [0.29, 0.717) is 22.9 Å². The van der Waals surface area contributed by atoms with Crippen LogP contribution in [-0.2, 0) is 4.79 Å². The molecule has 2 N–H and O–H groups in total. The lowest BCUT2D eigenvalue weighted by molar-refractivity contribution is -0.114. The standard InChI is InChI=1S/C19H22N2O2S/c1-13(22)20-16-9-5-6-10-17(16)21-19(23)15-11-18(24-12-15)14-7-3-2-4-8-14/h5-6,9-12,14H,2-4,7-8H2,1H3,(H,20,22)(H,21,23). The van der Waals surface area contributed by atoms with Crippen molar-refractivity contribution in [1.82, 2.24) is 0 Å². The highest BCUT2D eigenvalue weighted by Gasteiger charge is 2.19. The van der Waals surface area contributed by atoms with E-state index in [9.17, 15) is 9.59 Å². The van der Waals surface area contributed by atoms with Crippen LogP contribution in [0.25, 0.3) is 0 Å². The van der Waals surface area contributed by atoms with E-state index in [4.69, 9.17) is 0 Å². The molecular weight excluding hydrogens is 320 g/mol. The number of benzene rings is 1. The van der Waals surface area contributed by atoms with E-state index in [1.807, 2.05) is 23.6 Å². The van der Waals surface area contributed by atoms with Gasteiger partial charge in [0.1, 0.15) is 0 Å². The van der Waals surface area contributed by atoms with Gasteiger partial charge in [-0.1, -0.05) is 31.4 Å². The lowest BCUT2D eigenvalue weighted by Gasteiger charge is -2.19. The van der Waals surface area contributed by atoms with Crippen molar-refractivity contribution in [3.63, 3.8) is 0 Å². The van der Waals surface area contributed by atoms with Crippen LogP contribution in [-0.4, -0.2) is 11.8 Å². The van der Waals surface area contributed by atoms with E-state index in [1.165, 1.54) is 43.9 Å². The van der Waals surface area contributed by atoms with Crippen molar-refractivity contribution in [2.24, 2.45) is 0 Å². The molecule has 1 aromatic carbocycles. The van der Waals surface area contributed by atoms with Crippen molar-refractivity contribution in [2.75, 3.05) is 10.6 Å². The molecule has 2 aromatic rings. The molecule has 0 unspecified atom stereocenters. The Bertz CT molecular complexity index is 732. The van der Waals surface area contributed by atoms with Crippen molar-refractivity contribution in [2.45, 2.75) is 44.9 Å². The summed E-state index contributed by atoms with van der Waals surface area (Å²) < 4.78 is 0. The monoisotopic (exact) mass is 342 g/mol. The number of anilines is 2. The fraction of sp³-hybridized carbons (Fsp3) is 0.368. The number of thiophene rings is 1. The Morgan fingerprint density at radius 2 is 1.71 bits per heavy atom. The van der Waals surface area contributed by atoms with Crippen molar-refractivity contribution < 1.29 is 9.59 Å². The van der Waals surface area contributed by atoms with Gasteiger partial charge >= 0.3 is 0 Å². The maximum absolute atomic E-state index is 12.5. The van der Waals surface area contributed by atoms with E-state index in [1.54, 1.807) is 23.5 Å². The van der Waals surface area contributed by atoms with Crippen molar-refractivity contribution >= 4 is 34.5 Å². The van der Waals surface area contributed by atoms with Crippen LogP contribution in [0.2, 0.25) is 0 Å². The number of amides is 2. The van der Waals surface area contributed by atoms with Crippen LogP contribution in [0.5, 0.6) is 0 Å². The molecule has 1 fully saturated rings. The minimum Gasteiger partial charge on any atom is -0.325 e. The Kier molecular flexibility index (Phi) is 5.30. The fourth-order valence-electron chi connectivity index (χ4n) is 3.16. The van der Waals surface area contributed by atoms with Gasteiger partial charge in [0.05, 0.1) is 16.9 Å². The van der Waals surface area contributed by atoms with Crippen LogP contribution in [0.3, 0.4) is 0 Å². The minimum absolute atomic E-state index is 0.133. The van der Waals surface area contributed by atoms with Gasteiger partial charge in [0, 0.05) is 17.2 Å². The highest BCUT2D eigenvalue weighted by Crippen LogP contribution is 2.36. The minimum atomic E-state index is -0.160. The Hall–Kier alpha value is -2.14. The van der Waals surface area contributed by atoms with Gasteiger partial charge in [-0.3, -0.25) is 9.59 Å². The fourth-order valence-corrected chi connectivity index (χ4v) is 4.22. The summed E-state index contributed by atoms with van der Waals surface area (Å²) in [5, 5.41) is 7.57. The smallest absolute Gasteiger partial charge is 0.256 e. The van der Waals surface area contributed by atoms with E-state index < -0.39 is 0 Å². The molecule has 0 radical (unpaired) electrons. The topological polar surface area (TPSA) is 58.2 Å². The molecule has 5 heteroatoms. The number of para-hydroxylation sites is 2. The summed E-state index contributed by atoms with van der Waals surface area (Å²) >= 11 is 1.68. The molecular formula is C19H22N2O2S. The van der Waals surface area contributed by atoms with Crippen LogP contribution in [0.1, 0.15) is 60.2 Å². The summed E-state index contributed by atoms with van der Waals surface area (Å²) in [5.74, 6) is 0.315. The lowest BCUT2D eigenvalue weighted by Crippen LogP contribution is -2.14. The summed E-state index contributed by atoms with van der Waals surface area (Å²) in [5.41, 5.74) is 1.92. The van der Waals surface area contributed by atoms with Crippen molar-refractivity contribution in [1.29, 1.82) is 0 Å². The van der Waals surface area contributed by atoms with Crippen LogP contribution in [0.15, 0.2) is 35.7 Å².